The molecule has 2 rings (SSSR count). The summed E-state index contributed by atoms with van der Waals surface area (Å²) in [6.45, 7) is 1.14. The van der Waals surface area contributed by atoms with Gasteiger partial charge in [0.2, 0.25) is 0 Å². The monoisotopic (exact) mass is 360 g/mol. The lowest BCUT2D eigenvalue weighted by Crippen LogP contribution is -2.47. The zero-order chi connectivity index (χ0) is 19.1. The third-order valence-electron chi connectivity index (χ3n) is 3.93. The van der Waals surface area contributed by atoms with Crippen molar-refractivity contribution in [2.45, 2.75) is 25.2 Å². The van der Waals surface area contributed by atoms with E-state index in [2.05, 4.69) is 5.32 Å². The number of methoxy groups -OCH3 is 1. The average Bonchev–Trinajstić information content (AvgIpc) is 2.66. The van der Waals surface area contributed by atoms with E-state index in [0.29, 0.717) is 22.7 Å². The van der Waals surface area contributed by atoms with Gasteiger partial charge in [0.05, 0.1) is 19.8 Å². The maximum absolute atomic E-state index is 12.4. The minimum Gasteiger partial charge on any atom is -0.493 e. The van der Waals surface area contributed by atoms with Crippen LogP contribution < -0.4 is 20.5 Å². The van der Waals surface area contributed by atoms with Crippen molar-refractivity contribution in [2.75, 3.05) is 19.5 Å². The van der Waals surface area contributed by atoms with E-state index in [1.165, 1.54) is 7.11 Å². The van der Waals surface area contributed by atoms with Crippen molar-refractivity contribution in [3.63, 3.8) is 0 Å². The third kappa shape index (κ3) is 4.87. The van der Waals surface area contributed by atoms with Gasteiger partial charge < -0.3 is 30.7 Å². The molecule has 0 heterocycles. The molecule has 2 aromatic rings. The molecule has 0 saturated carbocycles. The molecule has 0 aliphatic rings. The fourth-order valence-corrected chi connectivity index (χ4v) is 2.41. The highest BCUT2D eigenvalue weighted by molar-refractivity contribution is 5.81. The largest absolute Gasteiger partial charge is 0.493 e. The minimum atomic E-state index is -1.08. The van der Waals surface area contributed by atoms with Crippen molar-refractivity contribution in [3.05, 3.63) is 54.1 Å². The van der Waals surface area contributed by atoms with Crippen molar-refractivity contribution in [1.29, 1.82) is 0 Å². The summed E-state index contributed by atoms with van der Waals surface area (Å²) >= 11 is 0. The maximum Gasteiger partial charge on any atom is 0.261 e. The van der Waals surface area contributed by atoms with Gasteiger partial charge in [0.15, 0.2) is 17.6 Å². The topological polar surface area (TPSA) is 114 Å². The Morgan fingerprint density at radius 1 is 1.15 bits per heavy atom. The number of aliphatic hydroxyl groups is 2. The van der Waals surface area contributed by atoms with E-state index in [1.54, 1.807) is 55.5 Å². The van der Waals surface area contributed by atoms with E-state index < -0.39 is 30.8 Å². The van der Waals surface area contributed by atoms with Crippen LogP contribution in [0.4, 0.5) is 5.69 Å². The smallest absolute Gasteiger partial charge is 0.261 e. The second-order valence-corrected chi connectivity index (χ2v) is 5.82. The van der Waals surface area contributed by atoms with Gasteiger partial charge in [-0.2, -0.15) is 0 Å². The number of aliphatic hydroxyl groups excluding tert-OH is 2. The van der Waals surface area contributed by atoms with Crippen LogP contribution in [0.5, 0.6) is 11.5 Å². The molecule has 3 atom stereocenters. The number of rotatable bonds is 8. The van der Waals surface area contributed by atoms with Gasteiger partial charge in [-0.15, -0.1) is 0 Å². The predicted octanol–water partition coefficient (Wildman–Crippen LogP) is 1.26. The summed E-state index contributed by atoms with van der Waals surface area (Å²) < 4.78 is 10.8. The van der Waals surface area contributed by atoms with Gasteiger partial charge in [0.25, 0.3) is 5.91 Å². The Morgan fingerprint density at radius 3 is 2.35 bits per heavy atom. The van der Waals surface area contributed by atoms with Crippen LogP contribution in [-0.2, 0) is 4.79 Å². The zero-order valence-electron chi connectivity index (χ0n) is 14.8. The first-order valence-electron chi connectivity index (χ1n) is 8.20. The number of amides is 1. The molecule has 7 heteroatoms. The van der Waals surface area contributed by atoms with Crippen molar-refractivity contribution in [3.8, 4) is 11.5 Å². The van der Waals surface area contributed by atoms with E-state index in [9.17, 15) is 15.0 Å². The Morgan fingerprint density at radius 2 is 1.77 bits per heavy atom. The molecular formula is C19H24N2O5. The standard InChI is InChI=1S/C19H24N2O5/c1-12(26-17-6-4-3-5-16(17)25-2)19(24)21-15(11-22)18(23)13-7-9-14(20)10-8-13/h3-10,12,15,18,22-23H,11,20H2,1-2H3,(H,21,24). The van der Waals surface area contributed by atoms with Gasteiger partial charge in [0.1, 0.15) is 6.10 Å². The van der Waals surface area contributed by atoms with Gasteiger partial charge in [0, 0.05) is 5.69 Å². The van der Waals surface area contributed by atoms with Crippen molar-refractivity contribution in [1.82, 2.24) is 5.32 Å². The number of hydrogen-bond donors (Lipinski definition) is 4. The van der Waals surface area contributed by atoms with Crippen LogP contribution in [0.3, 0.4) is 0 Å². The molecule has 2 aromatic carbocycles. The molecule has 0 bridgehead atoms. The van der Waals surface area contributed by atoms with Crippen LogP contribution >= 0.6 is 0 Å². The first kappa shape index (κ1) is 19.6. The van der Waals surface area contributed by atoms with Crippen LogP contribution in [0, 0.1) is 0 Å². The van der Waals surface area contributed by atoms with E-state index in [-0.39, 0.29) is 0 Å². The number of hydrogen-bond acceptors (Lipinski definition) is 6. The predicted molar refractivity (Wildman–Crippen MR) is 97.9 cm³/mol. The highest BCUT2D eigenvalue weighted by atomic mass is 16.5. The van der Waals surface area contributed by atoms with Gasteiger partial charge in [-0.25, -0.2) is 0 Å². The first-order chi connectivity index (χ1) is 12.5. The molecule has 0 spiro atoms. The number of ether oxygens (including phenoxy) is 2. The Balaban J connectivity index is 2.02. The quantitative estimate of drug-likeness (QED) is 0.527. The Labute approximate surface area is 152 Å². The molecular weight excluding hydrogens is 336 g/mol. The zero-order valence-corrected chi connectivity index (χ0v) is 14.8. The lowest BCUT2D eigenvalue weighted by atomic mass is 10.0. The highest BCUT2D eigenvalue weighted by Gasteiger charge is 2.25. The van der Waals surface area contributed by atoms with Crippen molar-refractivity contribution in [2.24, 2.45) is 0 Å². The number of carbonyl (C=O) groups excluding carboxylic acids is 1. The summed E-state index contributed by atoms with van der Waals surface area (Å²) in [5.41, 5.74) is 6.72. The van der Waals surface area contributed by atoms with Crippen LogP contribution in [0.1, 0.15) is 18.6 Å². The number of para-hydroxylation sites is 2. The Bertz CT molecular complexity index is 720. The van der Waals surface area contributed by atoms with Gasteiger partial charge in [-0.1, -0.05) is 24.3 Å². The Kier molecular flexibility index (Phi) is 6.82. The molecule has 3 unspecified atom stereocenters. The molecule has 0 aliphatic heterocycles. The van der Waals surface area contributed by atoms with Crippen molar-refractivity contribution >= 4 is 11.6 Å². The van der Waals surface area contributed by atoms with E-state index in [0.717, 1.165) is 0 Å². The lowest BCUT2D eigenvalue weighted by molar-refractivity contribution is -0.129. The minimum absolute atomic E-state index is 0.428. The number of nitrogens with one attached hydrogen (secondary N) is 1. The Hall–Kier alpha value is -2.77. The second-order valence-electron chi connectivity index (χ2n) is 5.82. The van der Waals surface area contributed by atoms with Crippen LogP contribution in [-0.4, -0.2) is 42.0 Å². The van der Waals surface area contributed by atoms with Gasteiger partial charge >= 0.3 is 0 Å². The summed E-state index contributed by atoms with van der Waals surface area (Å²) in [5, 5.41) is 22.6. The lowest BCUT2D eigenvalue weighted by Gasteiger charge is -2.25. The van der Waals surface area contributed by atoms with Gasteiger partial charge in [-0.05, 0) is 36.8 Å². The summed E-state index contributed by atoms with van der Waals surface area (Å²) in [6.07, 6.45) is -1.93. The van der Waals surface area contributed by atoms with Crippen LogP contribution in [0.15, 0.2) is 48.5 Å². The van der Waals surface area contributed by atoms with Crippen molar-refractivity contribution < 1.29 is 24.5 Å². The van der Waals surface area contributed by atoms with Crippen LogP contribution in [0.25, 0.3) is 0 Å². The van der Waals surface area contributed by atoms with Gasteiger partial charge in [-0.3, -0.25) is 4.79 Å². The molecule has 0 saturated heterocycles. The molecule has 1 amide bonds. The summed E-state index contributed by atoms with van der Waals surface area (Å²) in [7, 11) is 1.51. The summed E-state index contributed by atoms with van der Waals surface area (Å²) in [6, 6.07) is 12.7. The van der Waals surface area contributed by atoms with E-state index in [4.69, 9.17) is 15.2 Å². The number of anilines is 1. The molecule has 7 nitrogen and oxygen atoms in total. The molecule has 0 aliphatic carbocycles. The summed E-state index contributed by atoms with van der Waals surface area (Å²) in [5.74, 6) is 0.467. The number of nitrogens with two attached hydrogens (primary N) is 1. The molecule has 0 radical (unpaired) electrons. The number of nitrogen functional groups attached to an aromatic ring is 1. The maximum atomic E-state index is 12.4. The highest BCUT2D eigenvalue weighted by Crippen LogP contribution is 2.27. The van der Waals surface area contributed by atoms with E-state index >= 15 is 0 Å². The molecule has 26 heavy (non-hydrogen) atoms. The molecule has 140 valence electrons. The molecule has 5 N–H and O–H groups in total. The SMILES string of the molecule is COc1ccccc1OC(C)C(=O)NC(CO)C(O)c1ccc(N)cc1. The number of benzene rings is 2. The third-order valence-corrected chi connectivity index (χ3v) is 3.93. The normalized spacial score (nSPS) is 14.2. The van der Waals surface area contributed by atoms with Crippen LogP contribution in [0.2, 0.25) is 0 Å². The second kappa shape index (κ2) is 9.07. The molecule has 0 aromatic heterocycles. The first-order valence-corrected chi connectivity index (χ1v) is 8.20. The van der Waals surface area contributed by atoms with E-state index in [1.807, 2.05) is 0 Å². The molecule has 0 fully saturated rings. The summed E-state index contributed by atoms with van der Waals surface area (Å²) in [4.78, 5) is 12.4. The fraction of sp³-hybridized carbons (Fsp3) is 0.316. The number of carbonyl (C=O) groups is 1. The average molecular weight is 360 g/mol. The fourth-order valence-electron chi connectivity index (χ4n) is 2.41.